The SMILES string of the molecule is COc1cc(OC)cc(-c2cc3cc(F)cc(C(N)=O)c3oc2=O)c1. The van der Waals surface area contributed by atoms with Crippen LogP contribution in [0.25, 0.3) is 22.1 Å². The molecule has 0 fully saturated rings. The van der Waals surface area contributed by atoms with Crippen molar-refractivity contribution in [3.63, 3.8) is 0 Å². The van der Waals surface area contributed by atoms with Crippen LogP contribution in [0.15, 0.2) is 45.6 Å². The summed E-state index contributed by atoms with van der Waals surface area (Å²) >= 11 is 0. The molecule has 0 aliphatic rings. The topological polar surface area (TPSA) is 91.8 Å². The molecule has 6 nitrogen and oxygen atoms in total. The summed E-state index contributed by atoms with van der Waals surface area (Å²) < 4.78 is 29.4. The van der Waals surface area contributed by atoms with Crippen molar-refractivity contribution >= 4 is 16.9 Å². The minimum absolute atomic E-state index is 0.0579. The van der Waals surface area contributed by atoms with Crippen LogP contribution in [0.4, 0.5) is 4.39 Å². The summed E-state index contributed by atoms with van der Waals surface area (Å²) in [6.45, 7) is 0. The minimum Gasteiger partial charge on any atom is -0.497 e. The predicted octanol–water partition coefficient (Wildman–Crippen LogP) is 2.72. The van der Waals surface area contributed by atoms with Crippen molar-refractivity contribution in [2.75, 3.05) is 14.2 Å². The Morgan fingerprint density at radius 3 is 2.24 bits per heavy atom. The molecule has 0 radical (unpaired) electrons. The van der Waals surface area contributed by atoms with E-state index >= 15 is 0 Å². The second-order valence-corrected chi connectivity index (χ2v) is 5.28. The summed E-state index contributed by atoms with van der Waals surface area (Å²) in [6.07, 6.45) is 0. The smallest absolute Gasteiger partial charge is 0.344 e. The number of hydrogen-bond donors (Lipinski definition) is 1. The van der Waals surface area contributed by atoms with Gasteiger partial charge in [0.1, 0.15) is 17.3 Å². The van der Waals surface area contributed by atoms with E-state index < -0.39 is 17.3 Å². The fourth-order valence-electron chi connectivity index (χ4n) is 2.55. The molecule has 3 rings (SSSR count). The van der Waals surface area contributed by atoms with E-state index in [1.54, 1.807) is 18.2 Å². The Morgan fingerprint density at radius 2 is 1.68 bits per heavy atom. The highest BCUT2D eigenvalue weighted by Crippen LogP contribution is 2.30. The number of methoxy groups -OCH3 is 2. The lowest BCUT2D eigenvalue weighted by Crippen LogP contribution is -2.13. The fourth-order valence-corrected chi connectivity index (χ4v) is 2.55. The third-order valence-corrected chi connectivity index (χ3v) is 3.72. The molecule has 1 aromatic heterocycles. The van der Waals surface area contributed by atoms with Crippen LogP contribution in [0.5, 0.6) is 11.5 Å². The van der Waals surface area contributed by atoms with Crippen molar-refractivity contribution in [2.24, 2.45) is 5.73 Å². The maximum atomic E-state index is 13.8. The minimum atomic E-state index is -0.886. The number of nitrogens with two attached hydrogens (primary N) is 1. The molecule has 0 bridgehead atoms. The van der Waals surface area contributed by atoms with Crippen molar-refractivity contribution in [3.05, 3.63) is 58.2 Å². The van der Waals surface area contributed by atoms with Gasteiger partial charge in [0, 0.05) is 11.5 Å². The van der Waals surface area contributed by atoms with Gasteiger partial charge in [0.25, 0.3) is 5.91 Å². The molecule has 2 aromatic carbocycles. The predicted molar refractivity (Wildman–Crippen MR) is 89.5 cm³/mol. The van der Waals surface area contributed by atoms with Crippen LogP contribution >= 0.6 is 0 Å². The summed E-state index contributed by atoms with van der Waals surface area (Å²) in [5, 5.41) is 0.241. The van der Waals surface area contributed by atoms with Crippen LogP contribution in [0.2, 0.25) is 0 Å². The molecule has 25 heavy (non-hydrogen) atoms. The molecule has 0 spiro atoms. The van der Waals surface area contributed by atoms with Gasteiger partial charge < -0.3 is 19.6 Å². The average molecular weight is 343 g/mol. The highest BCUT2D eigenvalue weighted by Gasteiger charge is 2.16. The largest absolute Gasteiger partial charge is 0.497 e. The van der Waals surface area contributed by atoms with Gasteiger partial charge in [-0.1, -0.05) is 0 Å². The van der Waals surface area contributed by atoms with E-state index in [1.165, 1.54) is 20.3 Å². The van der Waals surface area contributed by atoms with E-state index in [-0.39, 0.29) is 22.1 Å². The van der Waals surface area contributed by atoms with Crippen LogP contribution in [0.3, 0.4) is 0 Å². The molecule has 7 heteroatoms. The molecule has 1 amide bonds. The summed E-state index contributed by atoms with van der Waals surface area (Å²) in [6, 6.07) is 8.42. The number of carbonyl (C=O) groups excluding carboxylic acids is 1. The Kier molecular flexibility index (Phi) is 4.14. The summed E-state index contributed by atoms with van der Waals surface area (Å²) in [4.78, 5) is 23.9. The average Bonchev–Trinajstić information content (AvgIpc) is 2.60. The molecule has 1 heterocycles. The number of primary amides is 1. The number of ether oxygens (including phenoxy) is 2. The third-order valence-electron chi connectivity index (χ3n) is 3.72. The lowest BCUT2D eigenvalue weighted by atomic mass is 10.0. The molecule has 0 saturated heterocycles. The monoisotopic (exact) mass is 343 g/mol. The molecule has 2 N–H and O–H groups in total. The molecular formula is C18H14FNO5. The number of hydrogen-bond acceptors (Lipinski definition) is 5. The quantitative estimate of drug-likeness (QED) is 0.736. The maximum absolute atomic E-state index is 13.8. The second-order valence-electron chi connectivity index (χ2n) is 5.28. The summed E-state index contributed by atoms with van der Waals surface area (Å²) in [5.41, 5.74) is 4.92. The van der Waals surface area contributed by atoms with Crippen LogP contribution in [-0.4, -0.2) is 20.1 Å². The Labute approximate surface area is 141 Å². The summed E-state index contributed by atoms with van der Waals surface area (Å²) in [7, 11) is 2.96. The first-order chi connectivity index (χ1) is 11.9. The lowest BCUT2D eigenvalue weighted by Gasteiger charge is -2.09. The number of amides is 1. The molecule has 0 saturated carbocycles. The highest BCUT2D eigenvalue weighted by atomic mass is 19.1. The van der Waals surface area contributed by atoms with Crippen molar-refractivity contribution < 1.29 is 23.1 Å². The molecule has 128 valence electrons. The highest BCUT2D eigenvalue weighted by molar-refractivity contribution is 6.04. The van der Waals surface area contributed by atoms with Gasteiger partial charge >= 0.3 is 5.63 Å². The third kappa shape index (κ3) is 3.03. The Hall–Kier alpha value is -3.35. The van der Waals surface area contributed by atoms with Gasteiger partial charge in [-0.05, 0) is 35.9 Å². The Balaban J connectivity index is 2.30. The standard InChI is InChI=1S/C18H14FNO5/c1-23-12-4-9(5-13(8-12)24-2)14-6-10-3-11(19)7-15(17(20)21)16(10)25-18(14)22/h3-8H,1-2H3,(H2,20,21). The van der Waals surface area contributed by atoms with E-state index in [0.717, 1.165) is 12.1 Å². The lowest BCUT2D eigenvalue weighted by molar-refractivity contribution is 0.100. The molecule has 3 aromatic rings. The maximum Gasteiger partial charge on any atom is 0.344 e. The van der Waals surface area contributed by atoms with E-state index in [9.17, 15) is 14.0 Å². The number of halogens is 1. The summed E-state index contributed by atoms with van der Waals surface area (Å²) in [5.74, 6) is -0.593. The van der Waals surface area contributed by atoms with Crippen molar-refractivity contribution in [2.45, 2.75) is 0 Å². The zero-order valence-electron chi connectivity index (χ0n) is 13.5. The van der Waals surface area contributed by atoms with E-state index in [4.69, 9.17) is 19.6 Å². The van der Waals surface area contributed by atoms with Gasteiger partial charge in [0.15, 0.2) is 5.58 Å². The first-order valence-corrected chi connectivity index (χ1v) is 7.23. The molecule has 0 aliphatic heterocycles. The van der Waals surface area contributed by atoms with Crippen LogP contribution < -0.4 is 20.8 Å². The van der Waals surface area contributed by atoms with Gasteiger partial charge in [-0.2, -0.15) is 0 Å². The van der Waals surface area contributed by atoms with E-state index in [2.05, 4.69) is 0 Å². The second kappa shape index (κ2) is 6.27. The van der Waals surface area contributed by atoms with Gasteiger partial charge in [-0.3, -0.25) is 4.79 Å². The van der Waals surface area contributed by atoms with Crippen LogP contribution in [-0.2, 0) is 0 Å². The van der Waals surface area contributed by atoms with Crippen LogP contribution in [0, 0.1) is 5.82 Å². The van der Waals surface area contributed by atoms with Gasteiger partial charge in [0.05, 0.1) is 25.3 Å². The number of rotatable bonds is 4. The van der Waals surface area contributed by atoms with Crippen molar-refractivity contribution in [3.8, 4) is 22.6 Å². The van der Waals surface area contributed by atoms with Gasteiger partial charge in [0.2, 0.25) is 0 Å². The van der Waals surface area contributed by atoms with Gasteiger partial charge in [-0.15, -0.1) is 0 Å². The Bertz CT molecular complexity index is 1020. The molecular weight excluding hydrogens is 329 g/mol. The zero-order chi connectivity index (χ0) is 18.1. The first-order valence-electron chi connectivity index (χ1n) is 7.23. The molecule has 0 unspecified atom stereocenters. The number of carbonyl (C=O) groups is 1. The fraction of sp³-hybridized carbons (Fsp3) is 0.111. The van der Waals surface area contributed by atoms with E-state index in [0.29, 0.717) is 17.1 Å². The zero-order valence-corrected chi connectivity index (χ0v) is 13.5. The first kappa shape index (κ1) is 16.5. The normalized spacial score (nSPS) is 10.7. The molecule has 0 atom stereocenters. The molecule has 0 aliphatic carbocycles. The van der Waals surface area contributed by atoms with Gasteiger partial charge in [-0.25, -0.2) is 9.18 Å². The Morgan fingerprint density at radius 1 is 1.04 bits per heavy atom. The number of benzene rings is 2. The number of fused-ring (bicyclic) bond motifs is 1. The van der Waals surface area contributed by atoms with Crippen LogP contribution in [0.1, 0.15) is 10.4 Å². The van der Waals surface area contributed by atoms with Crippen molar-refractivity contribution in [1.82, 2.24) is 0 Å². The van der Waals surface area contributed by atoms with Crippen molar-refractivity contribution in [1.29, 1.82) is 0 Å². The van der Waals surface area contributed by atoms with E-state index in [1.807, 2.05) is 0 Å².